The van der Waals surface area contributed by atoms with E-state index in [1.54, 1.807) is 11.1 Å². The van der Waals surface area contributed by atoms with Gasteiger partial charge in [-0.1, -0.05) is 24.3 Å². The summed E-state index contributed by atoms with van der Waals surface area (Å²) in [5.41, 5.74) is 8.37. The van der Waals surface area contributed by atoms with Crippen molar-refractivity contribution in [2.75, 3.05) is 57.4 Å². The molecule has 2 fully saturated rings. The number of fused-ring (bicyclic) bond motifs is 2. The maximum absolute atomic E-state index is 13.9. The number of anilines is 1. The van der Waals surface area contributed by atoms with E-state index in [0.717, 1.165) is 66.2 Å². The molecule has 0 radical (unpaired) electrons. The number of rotatable bonds is 9. The average Bonchev–Trinajstić information content (AvgIpc) is 3.90. The number of amides is 1. The van der Waals surface area contributed by atoms with Gasteiger partial charge in [0.1, 0.15) is 24.7 Å². The summed E-state index contributed by atoms with van der Waals surface area (Å²) in [6.07, 6.45) is 6.04. The van der Waals surface area contributed by atoms with Crippen LogP contribution >= 0.6 is 0 Å². The lowest BCUT2D eigenvalue weighted by atomic mass is 9.96. The number of aromatic amines is 1. The van der Waals surface area contributed by atoms with Gasteiger partial charge in [0.05, 0.1) is 35.8 Å². The van der Waals surface area contributed by atoms with Crippen molar-refractivity contribution < 1.29 is 19.0 Å². The molecule has 1 saturated carbocycles. The van der Waals surface area contributed by atoms with Crippen LogP contribution in [-0.4, -0.2) is 88.3 Å². The minimum absolute atomic E-state index is 0.130. The zero-order valence-corrected chi connectivity index (χ0v) is 26.9. The summed E-state index contributed by atoms with van der Waals surface area (Å²) in [4.78, 5) is 33.0. The Hall–Kier alpha value is -4.64. The predicted octanol–water partition coefficient (Wildman–Crippen LogP) is 5.79. The lowest BCUT2D eigenvalue weighted by Crippen LogP contribution is -2.46. The quantitative estimate of drug-likeness (QED) is 0.209. The summed E-state index contributed by atoms with van der Waals surface area (Å²) < 4.78 is 18.8. The number of aromatic nitrogens is 3. The number of nitrogens with one attached hydrogen (secondary N) is 1. The summed E-state index contributed by atoms with van der Waals surface area (Å²) in [6.45, 7) is 5.15. The van der Waals surface area contributed by atoms with Crippen molar-refractivity contribution in [2.24, 2.45) is 0 Å². The Morgan fingerprint density at radius 2 is 1.77 bits per heavy atom. The second kappa shape index (κ2) is 13.1. The molecule has 0 spiro atoms. The van der Waals surface area contributed by atoms with Gasteiger partial charge in [-0.15, -0.1) is 0 Å². The van der Waals surface area contributed by atoms with Crippen LogP contribution < -0.4 is 9.64 Å². The molecule has 0 bridgehead atoms. The Bertz CT molecular complexity index is 1950. The highest BCUT2D eigenvalue weighted by atomic mass is 19.1. The van der Waals surface area contributed by atoms with Crippen molar-refractivity contribution in [2.45, 2.75) is 31.9 Å². The van der Waals surface area contributed by atoms with Crippen LogP contribution in [0.25, 0.3) is 33.5 Å². The van der Waals surface area contributed by atoms with E-state index < -0.39 is 0 Å². The number of pyridine rings is 2. The third kappa shape index (κ3) is 5.96. The number of hydrogen-bond acceptors (Lipinski definition) is 7. The van der Waals surface area contributed by atoms with Crippen molar-refractivity contribution in [3.63, 3.8) is 0 Å². The summed E-state index contributed by atoms with van der Waals surface area (Å²) in [7, 11) is 0. The van der Waals surface area contributed by atoms with Crippen molar-refractivity contribution in [3.8, 4) is 28.3 Å². The Labute approximate surface area is 279 Å². The highest BCUT2D eigenvalue weighted by molar-refractivity contribution is 6.09. The van der Waals surface area contributed by atoms with Crippen LogP contribution in [0.2, 0.25) is 0 Å². The van der Waals surface area contributed by atoms with Gasteiger partial charge in [0.15, 0.2) is 0 Å². The number of ether oxygens (including phenoxy) is 1. The van der Waals surface area contributed by atoms with E-state index in [4.69, 9.17) is 9.72 Å². The van der Waals surface area contributed by atoms with Crippen LogP contribution in [0.1, 0.15) is 45.8 Å². The van der Waals surface area contributed by atoms with E-state index in [-0.39, 0.29) is 19.2 Å². The number of piperazine rings is 1. The SMILES string of the molecule is O=C1c2ccc(C3CC3)cc2OCCN1c1cccc(-c2ccnc3[nH]c(-c4ccc(CN5CCN(CCF)CC5)cn4)cc23)c1CO. The number of carbonyl (C=O) groups is 1. The molecule has 8 rings (SSSR count). The van der Waals surface area contributed by atoms with E-state index in [1.807, 2.05) is 54.7 Å². The van der Waals surface area contributed by atoms with Crippen LogP contribution in [0.3, 0.4) is 0 Å². The molecule has 1 saturated heterocycles. The first kappa shape index (κ1) is 30.7. The van der Waals surface area contributed by atoms with E-state index in [0.29, 0.717) is 53.8 Å². The Balaban J connectivity index is 1.06. The molecule has 246 valence electrons. The highest BCUT2D eigenvalue weighted by Crippen LogP contribution is 2.43. The van der Waals surface area contributed by atoms with Gasteiger partial charge in [-0.25, -0.2) is 9.37 Å². The molecule has 10 heteroatoms. The summed E-state index contributed by atoms with van der Waals surface area (Å²) in [6, 6.07) is 19.9. The minimum atomic E-state index is -0.295. The van der Waals surface area contributed by atoms with Crippen molar-refractivity contribution in [1.82, 2.24) is 24.8 Å². The van der Waals surface area contributed by atoms with Gasteiger partial charge < -0.3 is 19.7 Å². The van der Waals surface area contributed by atoms with Gasteiger partial charge in [0.2, 0.25) is 0 Å². The minimum Gasteiger partial charge on any atom is -0.491 e. The third-order valence-electron chi connectivity index (χ3n) is 9.90. The first-order valence-corrected chi connectivity index (χ1v) is 16.8. The Morgan fingerprint density at radius 1 is 0.917 bits per heavy atom. The average molecular weight is 647 g/mol. The maximum atomic E-state index is 13.9. The van der Waals surface area contributed by atoms with E-state index in [2.05, 4.69) is 31.9 Å². The summed E-state index contributed by atoms with van der Waals surface area (Å²) in [5.74, 6) is 1.08. The molecule has 2 aromatic carbocycles. The van der Waals surface area contributed by atoms with Gasteiger partial charge in [0.25, 0.3) is 5.91 Å². The van der Waals surface area contributed by atoms with E-state index >= 15 is 0 Å². The Kier molecular flexibility index (Phi) is 8.38. The molecule has 3 aromatic heterocycles. The normalized spacial score (nSPS) is 17.4. The van der Waals surface area contributed by atoms with Crippen molar-refractivity contribution in [1.29, 1.82) is 0 Å². The molecule has 0 atom stereocenters. The van der Waals surface area contributed by atoms with Gasteiger partial charge in [-0.05, 0) is 77.4 Å². The number of hydrogen-bond donors (Lipinski definition) is 2. The third-order valence-corrected chi connectivity index (χ3v) is 9.90. The van der Waals surface area contributed by atoms with Crippen LogP contribution in [0, 0.1) is 0 Å². The van der Waals surface area contributed by atoms with Crippen molar-refractivity contribution in [3.05, 3.63) is 95.3 Å². The van der Waals surface area contributed by atoms with E-state index in [1.165, 1.54) is 18.4 Å². The number of aliphatic hydroxyl groups is 1. The van der Waals surface area contributed by atoms with Crippen LogP contribution in [0.4, 0.5) is 10.1 Å². The Morgan fingerprint density at radius 3 is 2.54 bits per heavy atom. The second-order valence-electron chi connectivity index (χ2n) is 13.0. The summed E-state index contributed by atoms with van der Waals surface area (Å²) >= 11 is 0. The molecule has 2 N–H and O–H groups in total. The fourth-order valence-corrected chi connectivity index (χ4v) is 7.10. The lowest BCUT2D eigenvalue weighted by molar-refractivity contribution is 0.0989. The topological polar surface area (TPSA) is 97.8 Å². The number of halogens is 1. The van der Waals surface area contributed by atoms with Crippen LogP contribution in [0.5, 0.6) is 5.75 Å². The second-order valence-corrected chi connectivity index (χ2v) is 13.0. The molecule has 5 aromatic rings. The molecule has 0 unspecified atom stereocenters. The molecular formula is C38H39FN6O3. The number of carbonyl (C=O) groups excluding carboxylic acids is 1. The van der Waals surface area contributed by atoms with Gasteiger partial charge in [-0.3, -0.25) is 19.6 Å². The molecule has 5 heterocycles. The number of nitrogens with zero attached hydrogens (tertiary/aromatic N) is 5. The largest absolute Gasteiger partial charge is 0.491 e. The molecule has 1 aliphatic carbocycles. The van der Waals surface area contributed by atoms with Crippen molar-refractivity contribution >= 4 is 22.6 Å². The number of alkyl halides is 1. The van der Waals surface area contributed by atoms with Crippen LogP contribution in [0.15, 0.2) is 73.1 Å². The fraction of sp³-hybridized carbons (Fsp3) is 0.342. The lowest BCUT2D eigenvalue weighted by Gasteiger charge is -2.34. The first-order chi connectivity index (χ1) is 23.6. The number of aliphatic hydroxyl groups excluding tert-OH is 1. The summed E-state index contributed by atoms with van der Waals surface area (Å²) in [5, 5.41) is 11.7. The van der Waals surface area contributed by atoms with Gasteiger partial charge in [-0.2, -0.15) is 0 Å². The molecule has 1 amide bonds. The van der Waals surface area contributed by atoms with Gasteiger partial charge in [0, 0.05) is 62.6 Å². The predicted molar refractivity (Wildman–Crippen MR) is 184 cm³/mol. The molecule has 48 heavy (non-hydrogen) atoms. The van der Waals surface area contributed by atoms with E-state index in [9.17, 15) is 14.3 Å². The zero-order valence-electron chi connectivity index (χ0n) is 26.9. The zero-order chi connectivity index (χ0) is 32.6. The molecule has 9 nitrogen and oxygen atoms in total. The molecule has 3 aliphatic rings. The number of H-pyrrole nitrogens is 1. The monoisotopic (exact) mass is 646 g/mol. The molecular weight excluding hydrogens is 607 g/mol. The van der Waals surface area contributed by atoms with Gasteiger partial charge >= 0.3 is 0 Å². The fourth-order valence-electron chi connectivity index (χ4n) is 7.10. The first-order valence-electron chi connectivity index (χ1n) is 16.8. The smallest absolute Gasteiger partial charge is 0.262 e. The highest BCUT2D eigenvalue weighted by Gasteiger charge is 2.30. The standard InChI is InChI=1S/C38H39FN6O3/c39-11-13-43-14-16-44(17-15-43)23-25-4-9-33(41-22-25)34-21-31-29(10-12-40-37(31)42-34)28-2-1-3-35(32(28)24-46)45-18-19-48-36-20-27(26-5-6-26)7-8-30(36)38(45)47/h1-4,7-10,12,20-22,26,46H,5-6,11,13-19,23-24H2,(H,40,42). The number of benzene rings is 2. The van der Waals surface area contributed by atoms with Crippen LogP contribution in [-0.2, 0) is 13.2 Å². The maximum Gasteiger partial charge on any atom is 0.262 e. The molecule has 2 aliphatic heterocycles.